The van der Waals surface area contributed by atoms with Crippen molar-refractivity contribution in [2.24, 2.45) is 0 Å². The summed E-state index contributed by atoms with van der Waals surface area (Å²) >= 11 is 0. The molecule has 0 saturated carbocycles. The molecular weight excluding hydrogens is 348 g/mol. The Morgan fingerprint density at radius 3 is 2.50 bits per heavy atom. The van der Waals surface area contributed by atoms with Crippen LogP contribution in [-0.2, 0) is 13.1 Å². The maximum absolute atomic E-state index is 4.76. The molecule has 3 aromatic heterocycles. The zero-order valence-electron chi connectivity index (χ0n) is 16.9. The number of imidazole rings is 2. The molecule has 3 heterocycles. The Morgan fingerprint density at radius 2 is 1.82 bits per heavy atom. The zero-order chi connectivity index (χ0) is 19.7. The van der Waals surface area contributed by atoms with E-state index >= 15 is 0 Å². The molecule has 4 aromatic rings. The average Bonchev–Trinajstić information content (AvgIpc) is 3.37. The molecule has 144 valence electrons. The minimum Gasteiger partial charge on any atom is -0.341 e. The molecule has 4 rings (SSSR count). The van der Waals surface area contributed by atoms with Crippen molar-refractivity contribution in [1.29, 1.82) is 0 Å². The van der Waals surface area contributed by atoms with Gasteiger partial charge < -0.3 is 9.55 Å². The summed E-state index contributed by atoms with van der Waals surface area (Å²) in [6.45, 7) is 10.1. The summed E-state index contributed by atoms with van der Waals surface area (Å²) in [6.07, 6.45) is 4.88. The molecule has 6 heteroatoms. The molecule has 0 amide bonds. The number of H-pyrrole nitrogens is 1. The van der Waals surface area contributed by atoms with Crippen molar-refractivity contribution in [1.82, 2.24) is 29.3 Å². The largest absolute Gasteiger partial charge is 0.341 e. The number of aromatic amines is 1. The van der Waals surface area contributed by atoms with Crippen molar-refractivity contribution in [3.05, 3.63) is 65.6 Å². The number of benzene rings is 1. The topological polar surface area (TPSA) is 64.3 Å². The molecule has 0 saturated heterocycles. The molecule has 1 aromatic carbocycles. The third-order valence-corrected chi connectivity index (χ3v) is 5.14. The molecule has 0 aliphatic rings. The number of nitrogens with one attached hydrogen (secondary N) is 1. The lowest BCUT2D eigenvalue weighted by atomic mass is 10.1. The third-order valence-electron chi connectivity index (χ3n) is 5.14. The van der Waals surface area contributed by atoms with Crippen LogP contribution < -0.4 is 0 Å². The summed E-state index contributed by atoms with van der Waals surface area (Å²) in [5.74, 6) is 0.893. The molecule has 0 spiro atoms. The second-order valence-electron chi connectivity index (χ2n) is 7.19. The van der Waals surface area contributed by atoms with Crippen molar-refractivity contribution < 1.29 is 0 Å². The van der Waals surface area contributed by atoms with Gasteiger partial charge in [-0.25, -0.2) is 9.97 Å². The van der Waals surface area contributed by atoms with Crippen molar-refractivity contribution in [2.45, 2.75) is 47.2 Å². The van der Waals surface area contributed by atoms with Crippen molar-refractivity contribution >= 4 is 0 Å². The smallest absolute Gasteiger partial charge is 0.103 e. The van der Waals surface area contributed by atoms with E-state index in [1.807, 2.05) is 37.6 Å². The van der Waals surface area contributed by atoms with Gasteiger partial charge in [-0.1, -0.05) is 37.3 Å². The fourth-order valence-corrected chi connectivity index (χ4v) is 3.70. The summed E-state index contributed by atoms with van der Waals surface area (Å²) in [4.78, 5) is 12.5. The van der Waals surface area contributed by atoms with Crippen molar-refractivity contribution in [2.75, 3.05) is 0 Å². The van der Waals surface area contributed by atoms with Crippen LogP contribution in [0.2, 0.25) is 0 Å². The first-order chi connectivity index (χ1) is 13.6. The Hall–Kier alpha value is -3.15. The number of aryl methyl sites for hydroxylation is 3. The van der Waals surface area contributed by atoms with Gasteiger partial charge in [0.15, 0.2) is 0 Å². The Kier molecular flexibility index (Phi) is 4.86. The van der Waals surface area contributed by atoms with Gasteiger partial charge in [0, 0.05) is 23.4 Å². The Bertz CT molecular complexity index is 1080. The highest BCUT2D eigenvalue weighted by atomic mass is 15.3. The van der Waals surface area contributed by atoms with E-state index in [0.29, 0.717) is 0 Å². The van der Waals surface area contributed by atoms with Crippen LogP contribution >= 0.6 is 0 Å². The van der Waals surface area contributed by atoms with E-state index in [1.165, 1.54) is 11.3 Å². The Balaban J connectivity index is 1.81. The zero-order valence-corrected chi connectivity index (χ0v) is 16.9. The maximum atomic E-state index is 4.76. The summed E-state index contributed by atoms with van der Waals surface area (Å²) in [7, 11) is 0. The molecule has 0 aliphatic heterocycles. The van der Waals surface area contributed by atoms with Gasteiger partial charge >= 0.3 is 0 Å². The standard InChI is InChI=1S/C22H26N6/c1-5-11-28-16(3)19(15(2)26-28)13-27-14-24-21(18-9-7-6-8-10-18)22(27)20-12-23-17(4)25-20/h6-10,12,14H,5,11,13H2,1-4H3,(H,23,25). The van der Waals surface area contributed by atoms with Crippen molar-refractivity contribution in [3.8, 4) is 22.6 Å². The second kappa shape index (κ2) is 7.46. The fourth-order valence-electron chi connectivity index (χ4n) is 3.70. The number of rotatable bonds is 6. The van der Waals surface area contributed by atoms with Gasteiger partial charge in [0.1, 0.15) is 5.82 Å². The molecule has 0 fully saturated rings. The van der Waals surface area contributed by atoms with Gasteiger partial charge in [-0.2, -0.15) is 5.10 Å². The van der Waals surface area contributed by atoms with E-state index < -0.39 is 0 Å². The molecule has 0 radical (unpaired) electrons. The second-order valence-corrected chi connectivity index (χ2v) is 7.19. The highest BCUT2D eigenvalue weighted by Gasteiger charge is 2.19. The third kappa shape index (κ3) is 3.26. The predicted octanol–water partition coefficient (Wildman–Crippen LogP) is 4.52. The van der Waals surface area contributed by atoms with E-state index in [-0.39, 0.29) is 0 Å². The van der Waals surface area contributed by atoms with Gasteiger partial charge in [-0.15, -0.1) is 0 Å². The molecule has 0 atom stereocenters. The fraction of sp³-hybridized carbons (Fsp3) is 0.318. The van der Waals surface area contributed by atoms with E-state index in [1.54, 1.807) is 0 Å². The minimum absolute atomic E-state index is 0.731. The Morgan fingerprint density at radius 1 is 1.04 bits per heavy atom. The maximum Gasteiger partial charge on any atom is 0.103 e. The summed E-state index contributed by atoms with van der Waals surface area (Å²) in [5.41, 5.74) is 7.63. The van der Waals surface area contributed by atoms with Crippen LogP contribution in [-0.4, -0.2) is 29.3 Å². The number of hydrogen-bond acceptors (Lipinski definition) is 3. The van der Waals surface area contributed by atoms with Crippen molar-refractivity contribution in [3.63, 3.8) is 0 Å². The van der Waals surface area contributed by atoms with Crippen LogP contribution in [0.1, 0.15) is 36.1 Å². The summed E-state index contributed by atoms with van der Waals surface area (Å²) in [5, 5.41) is 4.73. The lowest BCUT2D eigenvalue weighted by molar-refractivity contribution is 0.582. The van der Waals surface area contributed by atoms with Gasteiger partial charge in [-0.3, -0.25) is 4.68 Å². The molecule has 0 bridgehead atoms. The monoisotopic (exact) mass is 374 g/mol. The lowest BCUT2D eigenvalue weighted by Crippen LogP contribution is -2.05. The van der Waals surface area contributed by atoms with Gasteiger partial charge in [0.25, 0.3) is 0 Å². The molecule has 1 N–H and O–H groups in total. The minimum atomic E-state index is 0.731. The number of aromatic nitrogens is 6. The molecule has 6 nitrogen and oxygen atoms in total. The number of nitrogens with zero attached hydrogens (tertiary/aromatic N) is 5. The molecular formula is C22H26N6. The first-order valence-corrected chi connectivity index (χ1v) is 9.74. The lowest BCUT2D eigenvalue weighted by Gasteiger charge is -2.10. The quantitative estimate of drug-likeness (QED) is 0.540. The predicted molar refractivity (Wildman–Crippen MR) is 111 cm³/mol. The SMILES string of the molecule is CCCn1nc(C)c(Cn2cnc(-c3ccccc3)c2-c2cnc(C)[nH]2)c1C. The molecule has 0 aliphatic carbocycles. The van der Waals surface area contributed by atoms with Gasteiger partial charge in [0.05, 0.1) is 41.8 Å². The van der Waals surface area contributed by atoms with Crippen LogP contribution in [0.25, 0.3) is 22.6 Å². The first kappa shape index (κ1) is 18.2. The van der Waals surface area contributed by atoms with Crippen LogP contribution in [0, 0.1) is 20.8 Å². The van der Waals surface area contributed by atoms with Crippen LogP contribution in [0.4, 0.5) is 0 Å². The van der Waals surface area contributed by atoms with Crippen LogP contribution in [0.15, 0.2) is 42.9 Å². The van der Waals surface area contributed by atoms with Crippen LogP contribution in [0.5, 0.6) is 0 Å². The normalized spacial score (nSPS) is 11.3. The Labute approximate surface area is 165 Å². The summed E-state index contributed by atoms with van der Waals surface area (Å²) < 4.78 is 4.31. The highest BCUT2D eigenvalue weighted by molar-refractivity contribution is 5.76. The summed E-state index contributed by atoms with van der Waals surface area (Å²) in [6, 6.07) is 10.3. The van der Waals surface area contributed by atoms with E-state index in [2.05, 4.69) is 52.1 Å². The first-order valence-electron chi connectivity index (χ1n) is 9.74. The van der Waals surface area contributed by atoms with E-state index in [0.717, 1.165) is 53.7 Å². The van der Waals surface area contributed by atoms with E-state index in [4.69, 9.17) is 10.1 Å². The van der Waals surface area contributed by atoms with Gasteiger partial charge in [0.2, 0.25) is 0 Å². The number of hydrogen-bond donors (Lipinski definition) is 1. The molecule has 0 unspecified atom stereocenters. The van der Waals surface area contributed by atoms with E-state index in [9.17, 15) is 0 Å². The van der Waals surface area contributed by atoms with Gasteiger partial charge in [-0.05, 0) is 27.2 Å². The van der Waals surface area contributed by atoms with Crippen LogP contribution in [0.3, 0.4) is 0 Å². The average molecular weight is 374 g/mol. The highest BCUT2D eigenvalue weighted by Crippen LogP contribution is 2.31. The molecule has 28 heavy (non-hydrogen) atoms.